The van der Waals surface area contributed by atoms with Gasteiger partial charge >= 0.3 is 0 Å². The molecule has 0 radical (unpaired) electrons. The average Bonchev–Trinajstić information content (AvgIpc) is 2.44. The van der Waals surface area contributed by atoms with E-state index in [1.807, 2.05) is 0 Å². The van der Waals surface area contributed by atoms with E-state index in [2.05, 4.69) is 17.9 Å². The lowest BCUT2D eigenvalue weighted by atomic mass is 9.92. The molecule has 2 heterocycles. The van der Waals surface area contributed by atoms with Crippen LogP contribution in [0, 0.1) is 0 Å². The number of aliphatic hydroxyl groups is 1. The Hall–Kier alpha value is -0.340. The van der Waals surface area contributed by atoms with Gasteiger partial charge in [0.2, 0.25) is 0 Å². The zero-order chi connectivity index (χ0) is 7.90. The molecule has 2 heteroatoms. The summed E-state index contributed by atoms with van der Waals surface area (Å²) < 4.78 is 0. The maximum atomic E-state index is 9.08. The van der Waals surface area contributed by atoms with Gasteiger partial charge < -0.3 is 5.11 Å². The second-order valence-corrected chi connectivity index (χ2v) is 3.71. The molecule has 0 bridgehead atoms. The van der Waals surface area contributed by atoms with Gasteiger partial charge in [0, 0.05) is 12.1 Å². The largest absolute Gasteiger partial charge is 0.392 e. The minimum Gasteiger partial charge on any atom is -0.392 e. The van der Waals surface area contributed by atoms with Crippen molar-refractivity contribution in [3.63, 3.8) is 0 Å². The minimum atomic E-state index is 0.217. The van der Waals surface area contributed by atoms with Gasteiger partial charge in [-0.15, -0.1) is 0 Å². The molecular formula is C9H15NO. The first-order chi connectivity index (χ1) is 5.27. The highest BCUT2D eigenvalue weighted by atomic mass is 16.3. The van der Waals surface area contributed by atoms with Gasteiger partial charge in [-0.05, 0) is 31.9 Å². The fraction of sp³-hybridized carbons (Fsp3) is 0.778. The normalized spacial score (nSPS) is 37.5. The summed E-state index contributed by atoms with van der Waals surface area (Å²) in [5.74, 6) is 0. The Morgan fingerprint density at radius 3 is 3.27 bits per heavy atom. The first kappa shape index (κ1) is 7.32. The summed E-state index contributed by atoms with van der Waals surface area (Å²) in [6.07, 6.45) is 4.69. The molecule has 1 N–H and O–H groups in total. The Balaban J connectivity index is 2.25. The molecule has 0 amide bonds. The lowest BCUT2D eigenvalue weighted by Crippen LogP contribution is -2.38. The summed E-state index contributed by atoms with van der Waals surface area (Å²) in [5.41, 5.74) is 1.45. The van der Waals surface area contributed by atoms with Crippen molar-refractivity contribution in [3.05, 3.63) is 11.6 Å². The lowest BCUT2D eigenvalue weighted by molar-refractivity contribution is 0.211. The lowest BCUT2D eigenvalue weighted by Gasteiger charge is -2.30. The van der Waals surface area contributed by atoms with Crippen LogP contribution in [0.2, 0.25) is 0 Å². The number of hydrogen-bond acceptors (Lipinski definition) is 2. The van der Waals surface area contributed by atoms with E-state index in [9.17, 15) is 0 Å². The van der Waals surface area contributed by atoms with E-state index in [0.29, 0.717) is 0 Å². The quantitative estimate of drug-likeness (QED) is 0.562. The first-order valence-electron chi connectivity index (χ1n) is 4.33. The molecule has 0 saturated carbocycles. The Kier molecular flexibility index (Phi) is 1.55. The summed E-state index contributed by atoms with van der Waals surface area (Å²) in [6, 6.07) is 0. The molecular weight excluding hydrogens is 138 g/mol. The van der Waals surface area contributed by atoms with Crippen molar-refractivity contribution in [1.82, 2.24) is 4.90 Å². The van der Waals surface area contributed by atoms with Crippen LogP contribution in [0.4, 0.5) is 0 Å². The summed E-state index contributed by atoms with van der Waals surface area (Å²) in [5, 5.41) is 9.08. The van der Waals surface area contributed by atoms with E-state index in [1.54, 1.807) is 0 Å². The molecule has 0 aliphatic carbocycles. The number of fused-ring (bicyclic) bond motifs is 1. The van der Waals surface area contributed by atoms with Crippen LogP contribution in [-0.4, -0.2) is 35.2 Å². The predicted molar refractivity (Wildman–Crippen MR) is 44.4 cm³/mol. The molecule has 11 heavy (non-hydrogen) atoms. The molecule has 2 aliphatic rings. The molecule has 1 fully saturated rings. The molecule has 0 spiro atoms. The molecule has 1 atom stereocenters. The standard InChI is InChI=1S/C9H15NO/c1-9-4-2-5-10(9)6-3-8(9)7-11/h3,11H,2,4-7H2,1H3/t9-/m0/s1. The van der Waals surface area contributed by atoms with Crippen molar-refractivity contribution in [2.24, 2.45) is 0 Å². The highest BCUT2D eigenvalue weighted by Gasteiger charge is 2.41. The third-order valence-electron chi connectivity index (χ3n) is 3.21. The van der Waals surface area contributed by atoms with Crippen LogP contribution >= 0.6 is 0 Å². The Bertz CT molecular complexity index is 200. The van der Waals surface area contributed by atoms with Gasteiger partial charge in [0.1, 0.15) is 0 Å². The minimum absolute atomic E-state index is 0.217. The highest BCUT2D eigenvalue weighted by molar-refractivity contribution is 5.27. The zero-order valence-corrected chi connectivity index (χ0v) is 7.01. The van der Waals surface area contributed by atoms with E-state index in [1.165, 1.54) is 25.0 Å². The summed E-state index contributed by atoms with van der Waals surface area (Å²) in [4.78, 5) is 2.46. The topological polar surface area (TPSA) is 23.5 Å². The zero-order valence-electron chi connectivity index (χ0n) is 7.01. The molecule has 2 aliphatic heterocycles. The molecule has 0 aromatic rings. The Morgan fingerprint density at radius 2 is 2.55 bits per heavy atom. The summed E-state index contributed by atoms with van der Waals surface area (Å²) in [6.45, 7) is 4.74. The molecule has 0 aromatic carbocycles. The molecule has 2 nitrogen and oxygen atoms in total. The third-order valence-corrected chi connectivity index (χ3v) is 3.21. The number of nitrogens with zero attached hydrogens (tertiary/aromatic N) is 1. The van der Waals surface area contributed by atoms with E-state index < -0.39 is 0 Å². The second kappa shape index (κ2) is 2.32. The van der Waals surface area contributed by atoms with Crippen LogP contribution in [0.1, 0.15) is 19.8 Å². The van der Waals surface area contributed by atoms with Gasteiger partial charge in [-0.3, -0.25) is 4.90 Å². The van der Waals surface area contributed by atoms with Crippen molar-refractivity contribution in [3.8, 4) is 0 Å². The predicted octanol–water partition coefficient (Wildman–Crippen LogP) is 0.773. The second-order valence-electron chi connectivity index (χ2n) is 3.71. The molecule has 2 rings (SSSR count). The molecule has 0 aromatic heterocycles. The van der Waals surface area contributed by atoms with Crippen LogP contribution in [-0.2, 0) is 0 Å². The molecule has 1 saturated heterocycles. The van der Waals surface area contributed by atoms with Crippen molar-refractivity contribution in [2.75, 3.05) is 19.7 Å². The first-order valence-corrected chi connectivity index (χ1v) is 4.33. The fourth-order valence-electron chi connectivity index (χ4n) is 2.35. The van der Waals surface area contributed by atoms with Crippen LogP contribution < -0.4 is 0 Å². The summed E-state index contributed by atoms with van der Waals surface area (Å²) >= 11 is 0. The van der Waals surface area contributed by atoms with Gasteiger partial charge in [-0.2, -0.15) is 0 Å². The summed E-state index contributed by atoms with van der Waals surface area (Å²) in [7, 11) is 0. The van der Waals surface area contributed by atoms with E-state index in [-0.39, 0.29) is 12.1 Å². The van der Waals surface area contributed by atoms with Crippen LogP contribution in [0.15, 0.2) is 11.6 Å². The fourth-order valence-corrected chi connectivity index (χ4v) is 2.35. The maximum Gasteiger partial charge on any atom is 0.0660 e. The Labute approximate surface area is 67.5 Å². The van der Waals surface area contributed by atoms with Crippen molar-refractivity contribution < 1.29 is 5.11 Å². The van der Waals surface area contributed by atoms with Gasteiger partial charge in [-0.1, -0.05) is 6.08 Å². The van der Waals surface area contributed by atoms with Crippen LogP contribution in [0.5, 0.6) is 0 Å². The maximum absolute atomic E-state index is 9.08. The van der Waals surface area contributed by atoms with Gasteiger partial charge in [0.25, 0.3) is 0 Å². The monoisotopic (exact) mass is 153 g/mol. The number of aliphatic hydroxyl groups excluding tert-OH is 1. The SMILES string of the molecule is C[C@@]12CCCN1CC=C2CO. The number of rotatable bonds is 1. The average molecular weight is 153 g/mol. The van der Waals surface area contributed by atoms with Gasteiger partial charge in [0.05, 0.1) is 6.61 Å². The Morgan fingerprint density at radius 1 is 1.73 bits per heavy atom. The van der Waals surface area contributed by atoms with Crippen molar-refractivity contribution in [1.29, 1.82) is 0 Å². The van der Waals surface area contributed by atoms with E-state index in [4.69, 9.17) is 5.11 Å². The van der Waals surface area contributed by atoms with Gasteiger partial charge in [0.15, 0.2) is 0 Å². The van der Waals surface area contributed by atoms with Crippen molar-refractivity contribution >= 4 is 0 Å². The van der Waals surface area contributed by atoms with Crippen LogP contribution in [0.3, 0.4) is 0 Å². The highest BCUT2D eigenvalue weighted by Crippen LogP contribution is 2.38. The smallest absolute Gasteiger partial charge is 0.0660 e. The van der Waals surface area contributed by atoms with E-state index >= 15 is 0 Å². The van der Waals surface area contributed by atoms with Crippen molar-refractivity contribution in [2.45, 2.75) is 25.3 Å². The molecule has 62 valence electrons. The van der Waals surface area contributed by atoms with Crippen LogP contribution in [0.25, 0.3) is 0 Å². The third kappa shape index (κ3) is 0.861. The van der Waals surface area contributed by atoms with Gasteiger partial charge in [-0.25, -0.2) is 0 Å². The van der Waals surface area contributed by atoms with E-state index in [0.717, 1.165) is 6.54 Å². The number of hydrogen-bond donors (Lipinski definition) is 1. The molecule has 0 unspecified atom stereocenters.